The van der Waals surface area contributed by atoms with E-state index < -0.39 is 0 Å². The molecular weight excluding hydrogens is 240 g/mol. The van der Waals surface area contributed by atoms with E-state index in [0.717, 1.165) is 34.5 Å². The van der Waals surface area contributed by atoms with Gasteiger partial charge in [0.2, 0.25) is 0 Å². The van der Waals surface area contributed by atoms with Crippen molar-refractivity contribution < 1.29 is 9.84 Å². The van der Waals surface area contributed by atoms with Gasteiger partial charge in [-0.2, -0.15) is 0 Å². The monoisotopic (exact) mass is 260 g/mol. The van der Waals surface area contributed by atoms with Gasteiger partial charge >= 0.3 is 0 Å². The third kappa shape index (κ3) is 2.79. The largest absolute Gasteiger partial charge is 0.494 e. The molecule has 4 nitrogen and oxygen atoms in total. The van der Waals surface area contributed by atoms with Crippen molar-refractivity contribution in [2.75, 3.05) is 19.0 Å². The number of aliphatic hydroxyl groups excluding tert-OH is 1. The van der Waals surface area contributed by atoms with Crippen molar-refractivity contribution in [3.63, 3.8) is 0 Å². The molecule has 4 heteroatoms. The third-order valence-corrected chi connectivity index (χ3v) is 3.22. The Labute approximate surface area is 113 Å². The molecule has 0 fully saturated rings. The topological polar surface area (TPSA) is 54.4 Å². The van der Waals surface area contributed by atoms with E-state index >= 15 is 0 Å². The minimum atomic E-state index is 0.0520. The van der Waals surface area contributed by atoms with Crippen molar-refractivity contribution in [3.05, 3.63) is 30.0 Å². The zero-order chi connectivity index (χ0) is 13.8. The molecule has 0 aliphatic rings. The second kappa shape index (κ2) is 5.89. The zero-order valence-corrected chi connectivity index (χ0v) is 11.6. The second-order valence-electron chi connectivity index (χ2n) is 4.60. The lowest BCUT2D eigenvalue weighted by Crippen LogP contribution is -2.22. The van der Waals surface area contributed by atoms with E-state index in [1.165, 1.54) is 0 Å². The first kappa shape index (κ1) is 13.6. The number of fused-ring (bicyclic) bond motifs is 1. The van der Waals surface area contributed by atoms with Crippen LogP contribution in [0.4, 0.5) is 5.69 Å². The van der Waals surface area contributed by atoms with Gasteiger partial charge in [0.1, 0.15) is 11.3 Å². The molecule has 0 aliphatic heterocycles. The maximum absolute atomic E-state index is 9.33. The number of ether oxygens (including phenoxy) is 1. The summed E-state index contributed by atoms with van der Waals surface area (Å²) in [5.41, 5.74) is 2.76. The number of rotatable bonds is 5. The van der Waals surface area contributed by atoms with Crippen LogP contribution in [0.25, 0.3) is 10.9 Å². The van der Waals surface area contributed by atoms with Crippen molar-refractivity contribution in [2.45, 2.75) is 26.3 Å². The van der Waals surface area contributed by atoms with Crippen molar-refractivity contribution in [3.8, 4) is 5.75 Å². The molecular formula is C15H20N2O2. The average molecular weight is 260 g/mol. The van der Waals surface area contributed by atoms with Crippen molar-refractivity contribution in [1.82, 2.24) is 4.98 Å². The Hall–Kier alpha value is -1.81. The molecule has 102 valence electrons. The van der Waals surface area contributed by atoms with Crippen LogP contribution in [0, 0.1) is 6.92 Å². The molecule has 0 unspecified atom stereocenters. The standard InChI is InChI=1S/C15H20N2O2/c1-4-11(9-18)17-13-8-10(2)16-15-12(13)6-5-7-14(15)19-3/h5-8,11,18H,4,9H2,1-3H3,(H,16,17)/t11-/m1/s1. The van der Waals surface area contributed by atoms with Crippen LogP contribution >= 0.6 is 0 Å². The molecule has 0 bridgehead atoms. The van der Waals surface area contributed by atoms with E-state index in [1.807, 2.05) is 38.1 Å². The fourth-order valence-electron chi connectivity index (χ4n) is 2.13. The first-order valence-electron chi connectivity index (χ1n) is 6.51. The number of hydrogen-bond acceptors (Lipinski definition) is 4. The fraction of sp³-hybridized carbons (Fsp3) is 0.400. The molecule has 2 aromatic rings. The summed E-state index contributed by atoms with van der Waals surface area (Å²) in [5, 5.41) is 13.7. The van der Waals surface area contributed by atoms with E-state index in [0.29, 0.717) is 0 Å². The number of aryl methyl sites for hydroxylation is 1. The van der Waals surface area contributed by atoms with E-state index in [4.69, 9.17) is 4.74 Å². The summed E-state index contributed by atoms with van der Waals surface area (Å²) in [7, 11) is 1.65. The van der Waals surface area contributed by atoms with Crippen LogP contribution in [0.5, 0.6) is 5.75 Å². The van der Waals surface area contributed by atoms with Crippen molar-refractivity contribution in [1.29, 1.82) is 0 Å². The van der Waals surface area contributed by atoms with Crippen LogP contribution < -0.4 is 10.1 Å². The summed E-state index contributed by atoms with van der Waals surface area (Å²) in [6.45, 7) is 4.12. The summed E-state index contributed by atoms with van der Waals surface area (Å²) in [6, 6.07) is 7.92. The first-order chi connectivity index (χ1) is 9.19. The zero-order valence-electron chi connectivity index (χ0n) is 11.6. The number of hydrogen-bond donors (Lipinski definition) is 2. The van der Waals surface area contributed by atoms with E-state index in [2.05, 4.69) is 10.3 Å². The van der Waals surface area contributed by atoms with Crippen molar-refractivity contribution in [2.24, 2.45) is 0 Å². The maximum Gasteiger partial charge on any atom is 0.145 e. The Morgan fingerprint density at radius 2 is 2.21 bits per heavy atom. The van der Waals surface area contributed by atoms with Gasteiger partial charge in [0, 0.05) is 22.8 Å². The minimum absolute atomic E-state index is 0.0520. The molecule has 0 saturated carbocycles. The SMILES string of the molecule is CC[C@H](CO)Nc1cc(C)nc2c(OC)cccc12. The molecule has 0 spiro atoms. The van der Waals surface area contributed by atoms with Gasteiger partial charge in [-0.3, -0.25) is 0 Å². The van der Waals surface area contributed by atoms with Crippen LogP contribution in [0.3, 0.4) is 0 Å². The molecule has 1 atom stereocenters. The van der Waals surface area contributed by atoms with Gasteiger partial charge in [-0.05, 0) is 25.5 Å². The van der Waals surface area contributed by atoms with Crippen LogP contribution in [-0.2, 0) is 0 Å². The number of pyridine rings is 1. The number of aromatic nitrogens is 1. The lowest BCUT2D eigenvalue weighted by Gasteiger charge is -2.18. The van der Waals surface area contributed by atoms with Crippen molar-refractivity contribution >= 4 is 16.6 Å². The Morgan fingerprint density at radius 3 is 2.84 bits per heavy atom. The highest BCUT2D eigenvalue weighted by atomic mass is 16.5. The molecule has 1 aromatic heterocycles. The minimum Gasteiger partial charge on any atom is -0.494 e. The number of nitrogens with one attached hydrogen (secondary N) is 1. The molecule has 0 saturated heterocycles. The highest BCUT2D eigenvalue weighted by molar-refractivity contribution is 5.95. The quantitative estimate of drug-likeness (QED) is 0.868. The highest BCUT2D eigenvalue weighted by Gasteiger charge is 2.11. The maximum atomic E-state index is 9.33. The Morgan fingerprint density at radius 1 is 1.42 bits per heavy atom. The van der Waals surface area contributed by atoms with Gasteiger partial charge < -0.3 is 15.2 Å². The third-order valence-electron chi connectivity index (χ3n) is 3.22. The molecule has 19 heavy (non-hydrogen) atoms. The summed E-state index contributed by atoms with van der Waals surface area (Å²) in [6.07, 6.45) is 0.864. The first-order valence-corrected chi connectivity index (χ1v) is 6.51. The predicted octanol–water partition coefficient (Wildman–Crippen LogP) is 2.73. The molecule has 2 N–H and O–H groups in total. The van der Waals surface area contributed by atoms with Crippen LogP contribution in [0.15, 0.2) is 24.3 Å². The average Bonchev–Trinajstić information content (AvgIpc) is 2.43. The summed E-state index contributed by atoms with van der Waals surface area (Å²) in [4.78, 5) is 4.54. The molecule has 1 aromatic carbocycles. The van der Waals surface area contributed by atoms with Gasteiger partial charge in [0.15, 0.2) is 0 Å². The number of methoxy groups -OCH3 is 1. The fourth-order valence-corrected chi connectivity index (χ4v) is 2.13. The van der Waals surface area contributed by atoms with Gasteiger partial charge in [0.05, 0.1) is 13.7 Å². The molecule has 2 rings (SSSR count). The summed E-state index contributed by atoms with van der Waals surface area (Å²) >= 11 is 0. The second-order valence-corrected chi connectivity index (χ2v) is 4.60. The molecule has 1 heterocycles. The van der Waals surface area contributed by atoms with Gasteiger partial charge in [-0.15, -0.1) is 0 Å². The lowest BCUT2D eigenvalue weighted by atomic mass is 10.1. The van der Waals surface area contributed by atoms with Gasteiger partial charge in [-0.1, -0.05) is 19.1 Å². The molecule has 0 aliphatic carbocycles. The van der Waals surface area contributed by atoms with Crippen LogP contribution in [-0.4, -0.2) is 29.8 Å². The normalized spacial score (nSPS) is 12.4. The van der Waals surface area contributed by atoms with E-state index in [-0.39, 0.29) is 12.6 Å². The number of benzene rings is 1. The van der Waals surface area contributed by atoms with Gasteiger partial charge in [-0.25, -0.2) is 4.98 Å². The molecule has 0 radical (unpaired) electrons. The van der Waals surface area contributed by atoms with Crippen LogP contribution in [0.2, 0.25) is 0 Å². The Kier molecular flexibility index (Phi) is 4.22. The summed E-state index contributed by atoms with van der Waals surface area (Å²) in [5.74, 6) is 0.765. The van der Waals surface area contributed by atoms with E-state index in [9.17, 15) is 5.11 Å². The summed E-state index contributed by atoms with van der Waals surface area (Å²) < 4.78 is 5.36. The smallest absolute Gasteiger partial charge is 0.145 e. The Balaban J connectivity index is 2.54. The Bertz CT molecular complexity index is 565. The number of para-hydroxylation sites is 1. The number of anilines is 1. The van der Waals surface area contributed by atoms with E-state index in [1.54, 1.807) is 7.11 Å². The lowest BCUT2D eigenvalue weighted by molar-refractivity contribution is 0.272. The molecule has 0 amide bonds. The predicted molar refractivity (Wildman–Crippen MR) is 77.8 cm³/mol. The number of aliphatic hydroxyl groups is 1. The van der Waals surface area contributed by atoms with Gasteiger partial charge in [0.25, 0.3) is 0 Å². The number of nitrogens with zero attached hydrogens (tertiary/aromatic N) is 1. The van der Waals surface area contributed by atoms with Crippen LogP contribution in [0.1, 0.15) is 19.0 Å². The highest BCUT2D eigenvalue weighted by Crippen LogP contribution is 2.30.